The Morgan fingerprint density at radius 2 is 1.81 bits per heavy atom. The number of amides is 1. The van der Waals surface area contributed by atoms with E-state index in [-0.39, 0.29) is 6.61 Å². The molecule has 0 atom stereocenters. The number of carbonyl (C=O) groups excluding carboxylic acids is 1. The summed E-state index contributed by atoms with van der Waals surface area (Å²) in [5, 5.41) is 5.00. The molecule has 5 heteroatoms. The maximum absolute atomic E-state index is 11.6. The molecular weight excluding hydrogens is 284 g/mol. The minimum absolute atomic E-state index is 0.259. The number of thiocarbonyl (C=S) groups is 1. The maximum Gasteiger partial charge on any atom is 0.407 e. The fourth-order valence-corrected chi connectivity index (χ4v) is 1.79. The first-order valence-corrected chi connectivity index (χ1v) is 6.80. The standard InChI is InChI=1S/C16H14N2O2S/c19-16(20-11-14-4-2-1-3-5-14)17-10-13-6-8-15(9-7-13)18-12-21/h1-9H,10-11H2,(H,17,19). The Kier molecular flexibility index (Phi) is 5.64. The molecule has 0 aliphatic heterocycles. The van der Waals surface area contributed by atoms with E-state index in [1.807, 2.05) is 54.6 Å². The van der Waals surface area contributed by atoms with Gasteiger partial charge in [-0.05, 0) is 35.5 Å². The van der Waals surface area contributed by atoms with Crippen LogP contribution in [0.3, 0.4) is 0 Å². The minimum atomic E-state index is -0.445. The van der Waals surface area contributed by atoms with E-state index < -0.39 is 6.09 Å². The lowest BCUT2D eigenvalue weighted by Gasteiger charge is -2.07. The predicted octanol–water partition coefficient (Wildman–Crippen LogP) is 3.85. The monoisotopic (exact) mass is 298 g/mol. The number of hydrogen-bond donors (Lipinski definition) is 1. The van der Waals surface area contributed by atoms with Gasteiger partial charge in [-0.25, -0.2) is 4.79 Å². The highest BCUT2D eigenvalue weighted by molar-refractivity contribution is 7.78. The van der Waals surface area contributed by atoms with Crippen LogP contribution in [0.5, 0.6) is 0 Å². The molecule has 0 aliphatic carbocycles. The van der Waals surface area contributed by atoms with Gasteiger partial charge in [-0.15, -0.1) is 0 Å². The number of benzene rings is 2. The summed E-state index contributed by atoms with van der Waals surface area (Å²) in [7, 11) is 0. The molecule has 0 unspecified atom stereocenters. The summed E-state index contributed by atoms with van der Waals surface area (Å²) >= 11 is 4.53. The van der Waals surface area contributed by atoms with Crippen LogP contribution < -0.4 is 5.32 Å². The zero-order valence-electron chi connectivity index (χ0n) is 11.3. The highest BCUT2D eigenvalue weighted by Gasteiger charge is 2.02. The topological polar surface area (TPSA) is 50.7 Å². The lowest BCUT2D eigenvalue weighted by molar-refractivity contribution is 0.139. The summed E-state index contributed by atoms with van der Waals surface area (Å²) < 4.78 is 5.12. The average molecular weight is 298 g/mol. The van der Waals surface area contributed by atoms with Crippen molar-refractivity contribution < 1.29 is 9.53 Å². The van der Waals surface area contributed by atoms with Gasteiger partial charge in [0.2, 0.25) is 0 Å². The Hall–Kier alpha value is -2.49. The van der Waals surface area contributed by atoms with Gasteiger partial charge < -0.3 is 10.1 Å². The number of nitrogens with zero attached hydrogens (tertiary/aromatic N) is 1. The largest absolute Gasteiger partial charge is 0.445 e. The quantitative estimate of drug-likeness (QED) is 0.674. The second-order valence-corrected chi connectivity index (χ2v) is 4.47. The number of aliphatic imine (C=N–C) groups is 1. The second kappa shape index (κ2) is 7.94. The molecule has 0 saturated carbocycles. The smallest absolute Gasteiger partial charge is 0.407 e. The Bertz CT molecular complexity index is 635. The van der Waals surface area contributed by atoms with Crippen molar-refractivity contribution in [2.45, 2.75) is 13.2 Å². The molecule has 0 radical (unpaired) electrons. The Labute approximate surface area is 128 Å². The fourth-order valence-electron chi connectivity index (χ4n) is 1.69. The zero-order valence-corrected chi connectivity index (χ0v) is 12.1. The van der Waals surface area contributed by atoms with Gasteiger partial charge in [0.15, 0.2) is 0 Å². The molecule has 0 aliphatic rings. The van der Waals surface area contributed by atoms with Gasteiger partial charge in [0, 0.05) is 6.54 Å². The first-order valence-electron chi connectivity index (χ1n) is 6.39. The lowest BCUT2D eigenvalue weighted by Crippen LogP contribution is -2.23. The van der Waals surface area contributed by atoms with E-state index in [1.165, 1.54) is 0 Å². The van der Waals surface area contributed by atoms with E-state index in [1.54, 1.807) is 0 Å². The van der Waals surface area contributed by atoms with E-state index in [0.29, 0.717) is 6.54 Å². The van der Waals surface area contributed by atoms with Gasteiger partial charge in [0.05, 0.1) is 10.8 Å². The summed E-state index contributed by atoms with van der Waals surface area (Å²) in [6, 6.07) is 16.9. The molecular formula is C16H14N2O2S. The van der Waals surface area contributed by atoms with Crippen LogP contribution in [0.25, 0.3) is 0 Å². The van der Waals surface area contributed by atoms with E-state index in [9.17, 15) is 4.79 Å². The third-order valence-corrected chi connectivity index (χ3v) is 2.85. The first-order chi connectivity index (χ1) is 10.3. The van der Waals surface area contributed by atoms with Crippen LogP contribution in [-0.2, 0) is 17.9 Å². The number of rotatable bonds is 5. The van der Waals surface area contributed by atoms with Crippen molar-refractivity contribution in [2.75, 3.05) is 0 Å². The summed E-state index contributed by atoms with van der Waals surface area (Å²) in [5.41, 5.74) is 2.64. The predicted molar refractivity (Wildman–Crippen MR) is 84.6 cm³/mol. The number of hydrogen-bond acceptors (Lipinski definition) is 4. The third-order valence-electron chi connectivity index (χ3n) is 2.76. The molecule has 0 fully saturated rings. The number of alkyl carbamates (subject to hydrolysis) is 1. The molecule has 0 bridgehead atoms. The van der Waals surface area contributed by atoms with Crippen molar-refractivity contribution in [3.63, 3.8) is 0 Å². The van der Waals surface area contributed by atoms with Crippen molar-refractivity contribution in [1.82, 2.24) is 5.32 Å². The van der Waals surface area contributed by atoms with Gasteiger partial charge in [0.1, 0.15) is 6.61 Å². The summed E-state index contributed by atoms with van der Waals surface area (Å²) in [6.45, 7) is 0.657. The van der Waals surface area contributed by atoms with Gasteiger partial charge in [0.25, 0.3) is 0 Å². The van der Waals surface area contributed by atoms with Crippen LogP contribution in [0.15, 0.2) is 59.6 Å². The van der Waals surface area contributed by atoms with Gasteiger partial charge in [-0.1, -0.05) is 42.5 Å². The van der Waals surface area contributed by atoms with Gasteiger partial charge in [-0.3, -0.25) is 0 Å². The van der Waals surface area contributed by atoms with Crippen LogP contribution in [0.2, 0.25) is 0 Å². The van der Waals surface area contributed by atoms with Crippen molar-refractivity contribution in [3.05, 3.63) is 65.7 Å². The number of carbonyl (C=O) groups is 1. The van der Waals surface area contributed by atoms with Crippen LogP contribution in [0.1, 0.15) is 11.1 Å². The molecule has 0 aromatic heterocycles. The van der Waals surface area contributed by atoms with Crippen LogP contribution >= 0.6 is 12.2 Å². The number of isothiocyanates is 1. The molecule has 0 saturated heterocycles. The Balaban J connectivity index is 1.77. The van der Waals surface area contributed by atoms with Crippen LogP contribution in [0.4, 0.5) is 10.5 Å². The third kappa shape index (κ3) is 5.18. The molecule has 4 nitrogen and oxygen atoms in total. The molecule has 1 amide bonds. The van der Waals surface area contributed by atoms with E-state index in [2.05, 4.69) is 27.7 Å². The molecule has 1 N–H and O–H groups in total. The van der Waals surface area contributed by atoms with Crippen molar-refractivity contribution in [2.24, 2.45) is 4.99 Å². The molecule has 21 heavy (non-hydrogen) atoms. The normalized spacial score (nSPS) is 9.52. The van der Waals surface area contributed by atoms with Crippen molar-refractivity contribution >= 4 is 29.2 Å². The average Bonchev–Trinajstić information content (AvgIpc) is 2.53. The minimum Gasteiger partial charge on any atom is -0.445 e. The fraction of sp³-hybridized carbons (Fsp3) is 0.125. The van der Waals surface area contributed by atoms with Crippen LogP contribution in [-0.4, -0.2) is 11.3 Å². The van der Waals surface area contributed by atoms with Crippen molar-refractivity contribution in [3.8, 4) is 0 Å². The molecule has 2 rings (SSSR count). The maximum atomic E-state index is 11.6. The lowest BCUT2D eigenvalue weighted by atomic mass is 10.2. The Morgan fingerprint density at radius 1 is 1.10 bits per heavy atom. The molecule has 106 valence electrons. The highest BCUT2D eigenvalue weighted by atomic mass is 32.1. The molecule has 0 spiro atoms. The van der Waals surface area contributed by atoms with E-state index in [0.717, 1.165) is 16.8 Å². The van der Waals surface area contributed by atoms with Gasteiger partial charge >= 0.3 is 6.09 Å². The first kappa shape index (κ1) is 14.9. The summed E-state index contributed by atoms with van der Waals surface area (Å²) in [6.07, 6.45) is -0.445. The van der Waals surface area contributed by atoms with E-state index in [4.69, 9.17) is 4.74 Å². The zero-order chi connectivity index (χ0) is 14.9. The number of ether oxygens (including phenoxy) is 1. The molecule has 2 aromatic carbocycles. The van der Waals surface area contributed by atoms with E-state index >= 15 is 0 Å². The van der Waals surface area contributed by atoms with Crippen molar-refractivity contribution in [1.29, 1.82) is 0 Å². The van der Waals surface area contributed by atoms with Crippen LogP contribution in [0, 0.1) is 0 Å². The SMILES string of the molecule is O=C(NCc1ccc(N=C=S)cc1)OCc1ccccc1. The van der Waals surface area contributed by atoms with Gasteiger partial charge in [-0.2, -0.15) is 4.99 Å². The molecule has 2 aromatic rings. The molecule has 0 heterocycles. The highest BCUT2D eigenvalue weighted by Crippen LogP contribution is 2.12. The number of nitrogens with one attached hydrogen (secondary N) is 1. The second-order valence-electron chi connectivity index (χ2n) is 4.28. The summed E-state index contributed by atoms with van der Waals surface area (Å²) in [4.78, 5) is 15.4. The summed E-state index contributed by atoms with van der Waals surface area (Å²) in [5.74, 6) is 0. The Morgan fingerprint density at radius 3 is 2.48 bits per heavy atom.